The third kappa shape index (κ3) is 4.09. The molecule has 0 fully saturated rings. The van der Waals surface area contributed by atoms with Gasteiger partial charge in [-0.15, -0.1) is 0 Å². The zero-order valence-corrected chi connectivity index (χ0v) is 11.6. The van der Waals surface area contributed by atoms with Gasteiger partial charge in [-0.2, -0.15) is 0 Å². The maximum Gasteiger partial charge on any atom is 0.225 e. The van der Waals surface area contributed by atoms with Crippen LogP contribution in [0.15, 0.2) is 42.6 Å². The van der Waals surface area contributed by atoms with E-state index in [1.165, 1.54) is 17.3 Å². The molecule has 104 valence electrons. The van der Waals surface area contributed by atoms with E-state index in [0.29, 0.717) is 17.9 Å². The van der Waals surface area contributed by atoms with Crippen LogP contribution in [-0.4, -0.2) is 10.9 Å². The number of nitrogen functional groups attached to an aromatic ring is 1. The number of aryl methyl sites for hydroxylation is 2. The number of amides is 1. The van der Waals surface area contributed by atoms with Crippen molar-refractivity contribution in [3.8, 4) is 0 Å². The monoisotopic (exact) mass is 269 g/mol. The smallest absolute Gasteiger partial charge is 0.225 e. The molecule has 0 atom stereocenters. The molecule has 0 aliphatic heterocycles. The highest BCUT2D eigenvalue weighted by Gasteiger charge is 2.04. The van der Waals surface area contributed by atoms with Crippen LogP contribution >= 0.6 is 0 Å². The van der Waals surface area contributed by atoms with E-state index in [9.17, 15) is 4.79 Å². The van der Waals surface area contributed by atoms with Gasteiger partial charge in [-0.05, 0) is 36.1 Å². The zero-order chi connectivity index (χ0) is 14.4. The molecule has 0 aliphatic carbocycles. The van der Waals surface area contributed by atoms with Crippen LogP contribution in [0.1, 0.15) is 24.5 Å². The van der Waals surface area contributed by atoms with Gasteiger partial charge in [0.05, 0.1) is 11.9 Å². The summed E-state index contributed by atoms with van der Waals surface area (Å²) in [5, 5.41) is 2.76. The second-order valence-electron chi connectivity index (χ2n) is 4.69. The molecule has 1 aromatic heterocycles. The molecule has 0 saturated heterocycles. The molecule has 0 aliphatic rings. The van der Waals surface area contributed by atoms with E-state index in [2.05, 4.69) is 41.5 Å². The maximum atomic E-state index is 11.8. The Bertz CT molecular complexity index is 561. The second-order valence-corrected chi connectivity index (χ2v) is 4.69. The normalized spacial score (nSPS) is 10.2. The Morgan fingerprint density at radius 1 is 1.15 bits per heavy atom. The number of nitrogens with two attached hydrogens (primary N) is 1. The summed E-state index contributed by atoms with van der Waals surface area (Å²) >= 11 is 0. The first-order chi connectivity index (χ1) is 9.67. The van der Waals surface area contributed by atoms with Gasteiger partial charge < -0.3 is 11.1 Å². The number of hydrogen-bond acceptors (Lipinski definition) is 3. The fraction of sp³-hybridized carbons (Fsp3) is 0.250. The topological polar surface area (TPSA) is 68.0 Å². The minimum atomic E-state index is -0.0400. The van der Waals surface area contributed by atoms with Crippen LogP contribution in [-0.2, 0) is 17.6 Å². The predicted molar refractivity (Wildman–Crippen MR) is 81.4 cm³/mol. The summed E-state index contributed by atoms with van der Waals surface area (Å²) in [7, 11) is 0. The molecule has 1 amide bonds. The summed E-state index contributed by atoms with van der Waals surface area (Å²) in [5.74, 6) is 0.493. The largest absolute Gasteiger partial charge is 0.397 e. The molecule has 4 nitrogen and oxygen atoms in total. The molecule has 0 spiro atoms. The molecule has 2 aromatic rings. The molecular formula is C16H19N3O. The van der Waals surface area contributed by atoms with Crippen LogP contribution in [0, 0.1) is 0 Å². The van der Waals surface area contributed by atoms with Crippen LogP contribution in [0.3, 0.4) is 0 Å². The van der Waals surface area contributed by atoms with E-state index in [0.717, 1.165) is 12.8 Å². The highest BCUT2D eigenvalue weighted by molar-refractivity contribution is 5.89. The van der Waals surface area contributed by atoms with Crippen molar-refractivity contribution in [2.75, 3.05) is 11.1 Å². The quantitative estimate of drug-likeness (QED) is 0.877. The Morgan fingerprint density at radius 2 is 1.85 bits per heavy atom. The number of carbonyl (C=O) groups excluding carboxylic acids is 1. The van der Waals surface area contributed by atoms with E-state index in [1.807, 2.05) is 0 Å². The Hall–Kier alpha value is -2.36. The van der Waals surface area contributed by atoms with Crippen LogP contribution in [0.5, 0.6) is 0 Å². The van der Waals surface area contributed by atoms with Crippen molar-refractivity contribution in [2.24, 2.45) is 0 Å². The van der Waals surface area contributed by atoms with E-state index in [4.69, 9.17) is 5.73 Å². The molecule has 20 heavy (non-hydrogen) atoms. The average molecular weight is 269 g/mol. The summed E-state index contributed by atoms with van der Waals surface area (Å²) in [5.41, 5.74) is 8.60. The van der Waals surface area contributed by atoms with Crippen molar-refractivity contribution in [3.63, 3.8) is 0 Å². The predicted octanol–water partition coefficient (Wildman–Crippen LogP) is 2.80. The fourth-order valence-electron chi connectivity index (χ4n) is 1.88. The van der Waals surface area contributed by atoms with Gasteiger partial charge in [0.2, 0.25) is 5.91 Å². The third-order valence-electron chi connectivity index (χ3n) is 3.13. The fourth-order valence-corrected chi connectivity index (χ4v) is 1.88. The molecule has 4 heteroatoms. The highest BCUT2D eigenvalue weighted by atomic mass is 16.1. The zero-order valence-electron chi connectivity index (χ0n) is 11.6. The van der Waals surface area contributed by atoms with Gasteiger partial charge in [0.1, 0.15) is 5.82 Å². The lowest BCUT2D eigenvalue weighted by Crippen LogP contribution is -2.13. The van der Waals surface area contributed by atoms with Crippen LogP contribution < -0.4 is 11.1 Å². The lowest BCUT2D eigenvalue weighted by Gasteiger charge is -2.05. The summed E-state index contributed by atoms with van der Waals surface area (Å²) in [6.07, 6.45) is 3.73. The van der Waals surface area contributed by atoms with Crippen molar-refractivity contribution in [3.05, 3.63) is 53.7 Å². The van der Waals surface area contributed by atoms with Gasteiger partial charge >= 0.3 is 0 Å². The van der Waals surface area contributed by atoms with Crippen molar-refractivity contribution in [2.45, 2.75) is 26.2 Å². The number of nitrogens with one attached hydrogen (secondary N) is 1. The first-order valence-electron chi connectivity index (χ1n) is 6.76. The van der Waals surface area contributed by atoms with Gasteiger partial charge in [-0.3, -0.25) is 4.79 Å². The van der Waals surface area contributed by atoms with E-state index >= 15 is 0 Å². The average Bonchev–Trinajstić information content (AvgIpc) is 2.48. The molecule has 0 unspecified atom stereocenters. The molecule has 1 heterocycles. The van der Waals surface area contributed by atoms with Gasteiger partial charge in [0, 0.05) is 6.42 Å². The third-order valence-corrected chi connectivity index (χ3v) is 3.13. The molecule has 0 bridgehead atoms. The van der Waals surface area contributed by atoms with Crippen molar-refractivity contribution in [1.82, 2.24) is 4.98 Å². The number of pyridine rings is 1. The number of benzene rings is 1. The maximum absolute atomic E-state index is 11.8. The molecule has 2 rings (SSSR count). The van der Waals surface area contributed by atoms with Crippen molar-refractivity contribution < 1.29 is 4.79 Å². The van der Waals surface area contributed by atoms with Gasteiger partial charge in [0.25, 0.3) is 0 Å². The van der Waals surface area contributed by atoms with E-state index in [1.54, 1.807) is 12.1 Å². The Labute approximate surface area is 119 Å². The van der Waals surface area contributed by atoms with Crippen molar-refractivity contribution >= 4 is 17.4 Å². The SMILES string of the molecule is CCc1ccc(CCC(=O)Nc2ccc(N)cn2)cc1. The second kappa shape index (κ2) is 6.70. The Kier molecular flexibility index (Phi) is 4.71. The number of anilines is 2. The lowest BCUT2D eigenvalue weighted by atomic mass is 10.1. The summed E-state index contributed by atoms with van der Waals surface area (Å²) in [6.45, 7) is 2.13. The first kappa shape index (κ1) is 14.1. The van der Waals surface area contributed by atoms with Gasteiger partial charge in [-0.1, -0.05) is 31.2 Å². The minimum absolute atomic E-state index is 0.0400. The summed E-state index contributed by atoms with van der Waals surface area (Å²) < 4.78 is 0. The number of aromatic nitrogens is 1. The standard InChI is InChI=1S/C16H19N3O/c1-2-12-3-5-13(6-4-12)7-10-16(20)19-15-9-8-14(17)11-18-15/h3-6,8-9,11H,2,7,10,17H2,1H3,(H,18,19,20). The number of rotatable bonds is 5. The molecular weight excluding hydrogens is 250 g/mol. The van der Waals surface area contributed by atoms with E-state index in [-0.39, 0.29) is 5.91 Å². The highest BCUT2D eigenvalue weighted by Crippen LogP contribution is 2.09. The Morgan fingerprint density at radius 3 is 2.45 bits per heavy atom. The molecule has 0 radical (unpaired) electrons. The van der Waals surface area contributed by atoms with Crippen molar-refractivity contribution in [1.29, 1.82) is 0 Å². The minimum Gasteiger partial charge on any atom is -0.397 e. The van der Waals surface area contributed by atoms with E-state index < -0.39 is 0 Å². The summed E-state index contributed by atoms with van der Waals surface area (Å²) in [4.78, 5) is 15.9. The number of carbonyl (C=O) groups is 1. The Balaban J connectivity index is 1.83. The molecule has 1 aromatic carbocycles. The number of hydrogen-bond donors (Lipinski definition) is 2. The molecule has 0 saturated carbocycles. The van der Waals surface area contributed by atoms with Gasteiger partial charge in [0.15, 0.2) is 0 Å². The lowest BCUT2D eigenvalue weighted by molar-refractivity contribution is -0.116. The first-order valence-corrected chi connectivity index (χ1v) is 6.76. The van der Waals surface area contributed by atoms with Crippen LogP contribution in [0.2, 0.25) is 0 Å². The molecule has 3 N–H and O–H groups in total. The van der Waals surface area contributed by atoms with Crippen LogP contribution in [0.4, 0.5) is 11.5 Å². The van der Waals surface area contributed by atoms with Crippen LogP contribution in [0.25, 0.3) is 0 Å². The summed E-state index contributed by atoms with van der Waals surface area (Å²) in [6, 6.07) is 11.8. The van der Waals surface area contributed by atoms with Gasteiger partial charge in [-0.25, -0.2) is 4.98 Å². The number of nitrogens with zero attached hydrogens (tertiary/aromatic N) is 1.